The number of benzene rings is 2. The zero-order valence-electron chi connectivity index (χ0n) is 17.4. The van der Waals surface area contributed by atoms with E-state index >= 15 is 0 Å². The van der Waals surface area contributed by atoms with E-state index in [9.17, 15) is 18.8 Å². The normalized spacial score (nSPS) is 10.8. The summed E-state index contributed by atoms with van der Waals surface area (Å²) in [7, 11) is 0. The summed E-state index contributed by atoms with van der Waals surface area (Å²) >= 11 is 0. The van der Waals surface area contributed by atoms with Crippen LogP contribution < -0.4 is 22.3 Å². The van der Waals surface area contributed by atoms with Crippen molar-refractivity contribution in [1.29, 1.82) is 5.26 Å². The van der Waals surface area contributed by atoms with E-state index in [1.807, 2.05) is 6.07 Å². The van der Waals surface area contributed by atoms with Crippen molar-refractivity contribution >= 4 is 28.5 Å². The molecule has 2 heterocycles. The lowest BCUT2D eigenvalue weighted by atomic mass is 10.1. The SMILES string of the molecule is Cc1cccc2nc(CCNc3nc(N)nc(N)c3C#N)n(-c3cc(F)cc(F)c3)c(=O)c12. The molecule has 5 N–H and O–H groups in total. The molecule has 0 saturated carbocycles. The second kappa shape index (κ2) is 8.51. The monoisotopic (exact) mass is 448 g/mol. The smallest absolute Gasteiger partial charge is 0.266 e. The number of hydrogen-bond acceptors (Lipinski definition) is 8. The van der Waals surface area contributed by atoms with Crippen molar-refractivity contribution < 1.29 is 8.78 Å². The minimum Gasteiger partial charge on any atom is -0.382 e. The van der Waals surface area contributed by atoms with Gasteiger partial charge >= 0.3 is 0 Å². The summed E-state index contributed by atoms with van der Waals surface area (Å²) in [5.41, 5.74) is 12.1. The minimum atomic E-state index is -0.823. The maximum atomic E-state index is 13.9. The molecule has 0 amide bonds. The second-order valence-corrected chi connectivity index (χ2v) is 7.24. The zero-order chi connectivity index (χ0) is 23.7. The maximum absolute atomic E-state index is 13.9. The van der Waals surface area contributed by atoms with Crippen molar-refractivity contribution in [3.63, 3.8) is 0 Å². The number of aromatic nitrogens is 4. The molecule has 33 heavy (non-hydrogen) atoms. The fraction of sp³-hybridized carbons (Fsp3) is 0.136. The Morgan fingerprint density at radius 3 is 2.55 bits per heavy atom. The van der Waals surface area contributed by atoms with E-state index in [1.165, 1.54) is 4.57 Å². The van der Waals surface area contributed by atoms with Gasteiger partial charge in [-0.15, -0.1) is 0 Å². The van der Waals surface area contributed by atoms with Crippen LogP contribution in [0.3, 0.4) is 0 Å². The molecule has 11 heteroatoms. The van der Waals surface area contributed by atoms with E-state index in [-0.39, 0.29) is 47.6 Å². The summed E-state index contributed by atoms with van der Waals surface area (Å²) in [5, 5.41) is 12.6. The molecule has 0 aliphatic carbocycles. The maximum Gasteiger partial charge on any atom is 0.266 e. The average molecular weight is 448 g/mol. The molecule has 0 fully saturated rings. The fourth-order valence-corrected chi connectivity index (χ4v) is 3.57. The molecule has 0 spiro atoms. The standard InChI is InChI=1S/C22H18F2N8O/c1-11-3-2-4-16-18(11)21(33)32(14-8-12(23)7-13(24)9-14)17(29-16)5-6-28-20-15(10-25)19(26)30-22(27)31-20/h2-4,7-9H,5-6H2,1H3,(H5,26,27,28,30,31). The lowest BCUT2D eigenvalue weighted by Crippen LogP contribution is -2.26. The molecule has 0 atom stereocenters. The summed E-state index contributed by atoms with van der Waals surface area (Å²) in [4.78, 5) is 25.7. The summed E-state index contributed by atoms with van der Waals surface area (Å²) in [6.07, 6.45) is 0.145. The fourth-order valence-electron chi connectivity index (χ4n) is 3.57. The van der Waals surface area contributed by atoms with Gasteiger partial charge in [-0.1, -0.05) is 12.1 Å². The Morgan fingerprint density at radius 1 is 1.12 bits per heavy atom. The van der Waals surface area contributed by atoms with Crippen LogP contribution in [-0.2, 0) is 6.42 Å². The first-order valence-electron chi connectivity index (χ1n) is 9.83. The van der Waals surface area contributed by atoms with Gasteiger partial charge in [0.1, 0.15) is 34.9 Å². The summed E-state index contributed by atoms with van der Waals surface area (Å²) in [6.45, 7) is 1.92. The minimum absolute atomic E-state index is 0.0124. The predicted molar refractivity (Wildman–Crippen MR) is 120 cm³/mol. The van der Waals surface area contributed by atoms with Gasteiger partial charge in [-0.25, -0.2) is 13.8 Å². The van der Waals surface area contributed by atoms with Crippen LogP contribution >= 0.6 is 0 Å². The van der Waals surface area contributed by atoms with E-state index in [2.05, 4.69) is 20.3 Å². The van der Waals surface area contributed by atoms with Crippen LogP contribution in [0.4, 0.5) is 26.4 Å². The number of rotatable bonds is 5. The van der Waals surface area contributed by atoms with Crippen molar-refractivity contribution in [2.24, 2.45) is 0 Å². The van der Waals surface area contributed by atoms with E-state index in [0.29, 0.717) is 16.5 Å². The number of nitrogens with two attached hydrogens (primary N) is 2. The highest BCUT2D eigenvalue weighted by molar-refractivity contribution is 5.81. The number of halogens is 2. The average Bonchev–Trinajstić information content (AvgIpc) is 2.72. The molecule has 0 aliphatic heterocycles. The largest absolute Gasteiger partial charge is 0.382 e. The molecule has 0 aliphatic rings. The number of nitrogen functional groups attached to an aromatic ring is 2. The van der Waals surface area contributed by atoms with Crippen LogP contribution in [0.5, 0.6) is 0 Å². The first-order chi connectivity index (χ1) is 15.8. The highest BCUT2D eigenvalue weighted by atomic mass is 19.1. The van der Waals surface area contributed by atoms with E-state index in [4.69, 9.17) is 11.5 Å². The van der Waals surface area contributed by atoms with E-state index in [0.717, 1.165) is 18.2 Å². The molecule has 4 aromatic rings. The van der Waals surface area contributed by atoms with Gasteiger partial charge in [0.2, 0.25) is 5.95 Å². The first-order valence-corrected chi connectivity index (χ1v) is 9.83. The number of nitriles is 1. The second-order valence-electron chi connectivity index (χ2n) is 7.24. The van der Waals surface area contributed by atoms with Gasteiger partial charge in [0.15, 0.2) is 5.82 Å². The molecular formula is C22H18F2N8O. The highest BCUT2D eigenvalue weighted by Crippen LogP contribution is 2.20. The van der Waals surface area contributed by atoms with E-state index in [1.54, 1.807) is 25.1 Å². The molecule has 166 valence electrons. The number of anilines is 3. The van der Waals surface area contributed by atoms with Crippen LogP contribution in [0.15, 0.2) is 41.2 Å². The molecule has 2 aromatic carbocycles. The van der Waals surface area contributed by atoms with Crippen molar-refractivity contribution in [3.8, 4) is 11.8 Å². The first kappa shape index (κ1) is 21.6. The molecule has 2 aromatic heterocycles. The molecular weight excluding hydrogens is 430 g/mol. The van der Waals surface area contributed by atoms with Gasteiger partial charge in [0, 0.05) is 19.0 Å². The zero-order valence-corrected chi connectivity index (χ0v) is 17.4. The molecule has 4 rings (SSSR count). The van der Waals surface area contributed by atoms with Crippen LogP contribution in [0.1, 0.15) is 17.0 Å². The number of hydrogen-bond donors (Lipinski definition) is 3. The predicted octanol–water partition coefficient (Wildman–Crippen LogP) is 2.45. The van der Waals surface area contributed by atoms with Crippen molar-refractivity contribution in [3.05, 3.63) is 75.3 Å². The van der Waals surface area contributed by atoms with Crippen molar-refractivity contribution in [1.82, 2.24) is 19.5 Å². The molecule has 0 radical (unpaired) electrons. The third-order valence-corrected chi connectivity index (χ3v) is 4.99. The molecule has 0 unspecified atom stereocenters. The van der Waals surface area contributed by atoms with Crippen LogP contribution in [0.25, 0.3) is 16.6 Å². The lowest BCUT2D eigenvalue weighted by molar-refractivity contribution is 0.580. The number of nitrogens with one attached hydrogen (secondary N) is 1. The van der Waals surface area contributed by atoms with E-state index < -0.39 is 17.2 Å². The topological polar surface area (TPSA) is 149 Å². The van der Waals surface area contributed by atoms with Gasteiger partial charge < -0.3 is 16.8 Å². The summed E-state index contributed by atoms with van der Waals surface area (Å²) in [6, 6.07) is 9.98. The Morgan fingerprint density at radius 2 is 1.85 bits per heavy atom. The van der Waals surface area contributed by atoms with Crippen LogP contribution in [-0.4, -0.2) is 26.1 Å². The summed E-state index contributed by atoms with van der Waals surface area (Å²) < 4.78 is 29.1. The lowest BCUT2D eigenvalue weighted by Gasteiger charge is -2.15. The van der Waals surface area contributed by atoms with Crippen LogP contribution in [0, 0.1) is 29.9 Å². The van der Waals surface area contributed by atoms with Crippen molar-refractivity contribution in [2.45, 2.75) is 13.3 Å². The van der Waals surface area contributed by atoms with Gasteiger partial charge in [-0.3, -0.25) is 9.36 Å². The Kier molecular flexibility index (Phi) is 5.58. The van der Waals surface area contributed by atoms with Gasteiger partial charge in [-0.05, 0) is 30.7 Å². The highest BCUT2D eigenvalue weighted by Gasteiger charge is 2.17. The number of nitrogens with zero attached hydrogens (tertiary/aromatic N) is 5. The van der Waals surface area contributed by atoms with Crippen LogP contribution in [0.2, 0.25) is 0 Å². The van der Waals surface area contributed by atoms with Gasteiger partial charge in [0.25, 0.3) is 5.56 Å². The molecule has 0 saturated heterocycles. The third kappa shape index (κ3) is 4.14. The Hall–Kier alpha value is -4.59. The quantitative estimate of drug-likeness (QED) is 0.422. The Bertz CT molecular complexity index is 1470. The molecule has 0 bridgehead atoms. The van der Waals surface area contributed by atoms with Gasteiger partial charge in [-0.2, -0.15) is 15.2 Å². The van der Waals surface area contributed by atoms with Crippen molar-refractivity contribution in [2.75, 3.05) is 23.3 Å². The van der Waals surface area contributed by atoms with Gasteiger partial charge in [0.05, 0.1) is 16.6 Å². The molecule has 9 nitrogen and oxygen atoms in total. The third-order valence-electron chi connectivity index (χ3n) is 4.99. The Balaban J connectivity index is 1.79. The number of fused-ring (bicyclic) bond motifs is 1. The number of aryl methyl sites for hydroxylation is 1. The summed E-state index contributed by atoms with van der Waals surface area (Å²) in [5.74, 6) is -1.44. The Labute approximate surface area is 186 Å².